The minimum Gasteiger partial charge on any atom is -0.465 e. The number of unbranched alkanes of at least 4 members (excludes halogenated alkanes) is 16. The lowest BCUT2D eigenvalue weighted by molar-refractivity contribution is -0.147. The molecule has 0 aromatic heterocycles. The molecular formula is C44H80O6. The average Bonchev–Trinajstić information content (AvgIpc) is 3.12. The van der Waals surface area contributed by atoms with E-state index in [1.165, 1.54) is 64.2 Å². The summed E-state index contributed by atoms with van der Waals surface area (Å²) in [7, 11) is 0. The predicted molar refractivity (Wildman–Crippen MR) is 209 cm³/mol. The second-order valence-electron chi connectivity index (χ2n) is 15.3. The minimum atomic E-state index is -0.188. The maximum absolute atomic E-state index is 12.2. The van der Waals surface area contributed by atoms with Crippen LogP contribution in [0.15, 0.2) is 24.3 Å². The van der Waals surface area contributed by atoms with Crippen molar-refractivity contribution in [2.45, 2.75) is 219 Å². The molecule has 6 nitrogen and oxygen atoms in total. The summed E-state index contributed by atoms with van der Waals surface area (Å²) in [4.78, 5) is 24.5. The van der Waals surface area contributed by atoms with E-state index in [1.807, 2.05) is 0 Å². The monoisotopic (exact) mass is 705 g/mol. The molecule has 6 heteroatoms. The molecule has 1 aliphatic carbocycles. The van der Waals surface area contributed by atoms with E-state index < -0.39 is 0 Å². The largest absolute Gasteiger partial charge is 0.465 e. The lowest BCUT2D eigenvalue weighted by Crippen LogP contribution is -2.23. The number of aliphatic hydroxyl groups excluding tert-OH is 2. The van der Waals surface area contributed by atoms with Crippen molar-refractivity contribution in [3.8, 4) is 0 Å². The van der Waals surface area contributed by atoms with Crippen molar-refractivity contribution in [3.63, 3.8) is 0 Å². The van der Waals surface area contributed by atoms with Gasteiger partial charge < -0.3 is 19.7 Å². The van der Waals surface area contributed by atoms with Crippen molar-refractivity contribution >= 4 is 11.9 Å². The number of hydrogen-bond acceptors (Lipinski definition) is 6. The third-order valence-electron chi connectivity index (χ3n) is 10.4. The number of carbonyl (C=O) groups excluding carboxylic acids is 2. The standard InChI is InChI=1S/C44H80O6/c1-3-5-7-21-27-41(45)29-23-17-13-9-11-15-19-25-31-43(47)49-37-39-33-35-40(36-34-39)38-50-44(48)32-26-20-16-12-10-14-18-24-30-42(46)28-22-8-6-4-2/h17-18,23-24,39-42,45-46H,3-16,19-22,25-38H2,1-2H3/b23-17-,24-18-/t39?,40?,41-,42-/m1/s1. The summed E-state index contributed by atoms with van der Waals surface area (Å²) in [6.07, 6.45) is 39.7. The molecule has 292 valence electrons. The highest BCUT2D eigenvalue weighted by molar-refractivity contribution is 5.69. The summed E-state index contributed by atoms with van der Waals surface area (Å²) in [5.74, 6) is 0.745. The molecule has 1 saturated carbocycles. The van der Waals surface area contributed by atoms with E-state index in [0.29, 0.717) is 37.9 Å². The van der Waals surface area contributed by atoms with Gasteiger partial charge in [-0.05, 0) is 102 Å². The first-order chi connectivity index (χ1) is 24.4. The highest BCUT2D eigenvalue weighted by atomic mass is 16.5. The maximum atomic E-state index is 12.2. The van der Waals surface area contributed by atoms with Crippen LogP contribution < -0.4 is 0 Å². The maximum Gasteiger partial charge on any atom is 0.305 e. The molecule has 0 saturated heterocycles. The third kappa shape index (κ3) is 30.0. The molecule has 1 aliphatic rings. The SMILES string of the molecule is CCCCCC[C@@H](O)C/C=C\CCCCCCCC(=O)OCC1CCC(COC(=O)CCCCCCC/C=C\C[C@H](O)CCCCCC)CC1. The zero-order chi connectivity index (χ0) is 36.3. The third-order valence-corrected chi connectivity index (χ3v) is 10.4. The van der Waals surface area contributed by atoms with Crippen molar-refractivity contribution < 1.29 is 29.3 Å². The lowest BCUT2D eigenvalue weighted by atomic mass is 9.83. The van der Waals surface area contributed by atoms with Gasteiger partial charge in [-0.1, -0.05) is 128 Å². The zero-order valence-corrected chi connectivity index (χ0v) is 32.8. The van der Waals surface area contributed by atoms with Gasteiger partial charge in [0.15, 0.2) is 0 Å². The summed E-state index contributed by atoms with van der Waals surface area (Å²) in [6.45, 7) is 5.48. The zero-order valence-electron chi connectivity index (χ0n) is 32.8. The Hall–Kier alpha value is -1.66. The fourth-order valence-electron chi connectivity index (χ4n) is 6.85. The van der Waals surface area contributed by atoms with Crippen molar-refractivity contribution in [1.82, 2.24) is 0 Å². The molecule has 0 spiro atoms. The molecule has 0 amide bonds. The molecular weight excluding hydrogens is 624 g/mol. The molecule has 2 N–H and O–H groups in total. The van der Waals surface area contributed by atoms with Crippen LogP contribution in [0.2, 0.25) is 0 Å². The van der Waals surface area contributed by atoms with Crippen LogP contribution in [-0.4, -0.2) is 47.6 Å². The first kappa shape index (κ1) is 46.4. The molecule has 0 aliphatic heterocycles. The number of aliphatic hydroxyl groups is 2. The molecule has 1 fully saturated rings. The summed E-state index contributed by atoms with van der Waals surface area (Å²) >= 11 is 0. The first-order valence-corrected chi connectivity index (χ1v) is 21.4. The number of ether oxygens (including phenoxy) is 2. The van der Waals surface area contributed by atoms with Crippen LogP contribution in [0.3, 0.4) is 0 Å². The molecule has 50 heavy (non-hydrogen) atoms. The second-order valence-corrected chi connectivity index (χ2v) is 15.3. The van der Waals surface area contributed by atoms with Crippen LogP contribution in [0.1, 0.15) is 206 Å². The van der Waals surface area contributed by atoms with Gasteiger partial charge in [-0.15, -0.1) is 0 Å². The number of rotatable bonds is 34. The Labute approximate surface area is 308 Å². The molecule has 0 radical (unpaired) electrons. The highest BCUT2D eigenvalue weighted by Gasteiger charge is 2.23. The van der Waals surface area contributed by atoms with E-state index in [0.717, 1.165) is 116 Å². The van der Waals surface area contributed by atoms with Gasteiger partial charge in [0.1, 0.15) is 0 Å². The summed E-state index contributed by atoms with van der Waals surface area (Å²) in [5, 5.41) is 20.1. The van der Waals surface area contributed by atoms with Crippen molar-refractivity contribution in [2.75, 3.05) is 13.2 Å². The highest BCUT2D eigenvalue weighted by Crippen LogP contribution is 2.29. The predicted octanol–water partition coefficient (Wildman–Crippen LogP) is 11.9. The van der Waals surface area contributed by atoms with Gasteiger partial charge >= 0.3 is 11.9 Å². The van der Waals surface area contributed by atoms with Gasteiger partial charge in [-0.3, -0.25) is 9.59 Å². The fraction of sp³-hybridized carbons (Fsp3) is 0.864. The van der Waals surface area contributed by atoms with Crippen molar-refractivity contribution in [3.05, 3.63) is 24.3 Å². The molecule has 1 rings (SSSR count). The van der Waals surface area contributed by atoms with Crippen LogP contribution in [0.5, 0.6) is 0 Å². The minimum absolute atomic E-state index is 0.0615. The summed E-state index contributed by atoms with van der Waals surface area (Å²) in [6, 6.07) is 0. The number of carbonyl (C=O) groups is 2. The normalized spacial score (nSPS) is 17.8. The van der Waals surface area contributed by atoms with Gasteiger partial charge in [0.05, 0.1) is 25.4 Å². The van der Waals surface area contributed by atoms with Crippen LogP contribution in [-0.2, 0) is 19.1 Å². The van der Waals surface area contributed by atoms with Crippen molar-refractivity contribution in [2.24, 2.45) is 11.8 Å². The van der Waals surface area contributed by atoms with Gasteiger partial charge in [0.25, 0.3) is 0 Å². The van der Waals surface area contributed by atoms with E-state index in [2.05, 4.69) is 38.2 Å². The number of allylic oxidation sites excluding steroid dienone is 2. The van der Waals surface area contributed by atoms with E-state index in [9.17, 15) is 19.8 Å². The van der Waals surface area contributed by atoms with Gasteiger partial charge in [-0.2, -0.15) is 0 Å². The summed E-state index contributed by atoms with van der Waals surface area (Å²) in [5.41, 5.74) is 0. The Morgan fingerprint density at radius 2 is 0.880 bits per heavy atom. The molecule has 0 aromatic carbocycles. The average molecular weight is 705 g/mol. The molecule has 0 heterocycles. The molecule has 0 aromatic rings. The van der Waals surface area contributed by atoms with Crippen LogP contribution >= 0.6 is 0 Å². The van der Waals surface area contributed by atoms with Crippen LogP contribution in [0.25, 0.3) is 0 Å². The Bertz CT molecular complexity index is 762. The van der Waals surface area contributed by atoms with Gasteiger partial charge in [-0.25, -0.2) is 0 Å². The Balaban J connectivity index is 1.90. The Kier molecular flexibility index (Phi) is 31.9. The topological polar surface area (TPSA) is 93.1 Å². The second kappa shape index (κ2) is 34.4. The molecule has 2 atom stereocenters. The Morgan fingerprint density at radius 3 is 1.28 bits per heavy atom. The molecule has 0 unspecified atom stereocenters. The Morgan fingerprint density at radius 1 is 0.520 bits per heavy atom. The molecule has 0 bridgehead atoms. The van der Waals surface area contributed by atoms with E-state index in [-0.39, 0.29) is 24.1 Å². The number of esters is 2. The van der Waals surface area contributed by atoms with E-state index >= 15 is 0 Å². The number of hydrogen-bond donors (Lipinski definition) is 2. The quantitative estimate of drug-likeness (QED) is 0.0393. The summed E-state index contributed by atoms with van der Waals surface area (Å²) < 4.78 is 11.2. The smallest absolute Gasteiger partial charge is 0.305 e. The van der Waals surface area contributed by atoms with Crippen LogP contribution in [0.4, 0.5) is 0 Å². The van der Waals surface area contributed by atoms with E-state index in [4.69, 9.17) is 9.47 Å². The van der Waals surface area contributed by atoms with Crippen LogP contribution in [0, 0.1) is 11.8 Å². The lowest BCUT2D eigenvalue weighted by Gasteiger charge is -2.27. The first-order valence-electron chi connectivity index (χ1n) is 21.4. The van der Waals surface area contributed by atoms with E-state index in [1.54, 1.807) is 0 Å². The van der Waals surface area contributed by atoms with Gasteiger partial charge in [0.2, 0.25) is 0 Å². The van der Waals surface area contributed by atoms with Crippen molar-refractivity contribution in [1.29, 1.82) is 0 Å². The van der Waals surface area contributed by atoms with Gasteiger partial charge in [0, 0.05) is 12.8 Å². The fourth-order valence-corrected chi connectivity index (χ4v) is 6.85.